The molecule has 2 amide bonds. The number of urea groups is 1. The highest BCUT2D eigenvalue weighted by Gasteiger charge is 2.32. The van der Waals surface area contributed by atoms with Gasteiger partial charge in [-0.3, -0.25) is 5.43 Å². The Labute approximate surface area is 220 Å². The summed E-state index contributed by atoms with van der Waals surface area (Å²) in [7, 11) is 1.27. The highest BCUT2D eigenvalue weighted by molar-refractivity contribution is 5.95. The quantitative estimate of drug-likeness (QED) is 0.109. The average Bonchev–Trinajstić information content (AvgIpc) is 2.90. The molecule has 2 aromatic carbocycles. The number of hydrazone groups is 1. The Balaban J connectivity index is 1.67. The van der Waals surface area contributed by atoms with Gasteiger partial charge < -0.3 is 34.7 Å². The van der Waals surface area contributed by atoms with E-state index < -0.39 is 24.3 Å². The standard InChI is InChI=1S/C27H30N4O7/c1-5-12-37-20-9-7-8-18(13-20)15-28-31-23(32)16-38-21-11-10-19(14-22(21)36-6-2)25-24(26(33)35-4)17(3)29-27(34)30-25/h1,7-11,13-15,23,25,31-32H,6,12,16H2,2-4H3,(H2,29,30,34)/b28-15+/t23-,25+/m0/s1. The summed E-state index contributed by atoms with van der Waals surface area (Å²) in [4.78, 5) is 24.5. The van der Waals surface area contributed by atoms with Gasteiger partial charge in [-0.2, -0.15) is 5.10 Å². The first kappa shape index (κ1) is 27.9. The predicted molar refractivity (Wildman–Crippen MR) is 140 cm³/mol. The van der Waals surface area contributed by atoms with Crippen LogP contribution in [0.4, 0.5) is 4.79 Å². The van der Waals surface area contributed by atoms with Crippen molar-refractivity contribution in [1.29, 1.82) is 0 Å². The van der Waals surface area contributed by atoms with Crippen molar-refractivity contribution in [2.75, 3.05) is 26.9 Å². The largest absolute Gasteiger partial charge is 0.490 e. The minimum Gasteiger partial charge on any atom is -0.490 e. The van der Waals surface area contributed by atoms with Crippen LogP contribution >= 0.6 is 0 Å². The molecule has 2 aromatic rings. The highest BCUT2D eigenvalue weighted by Crippen LogP contribution is 2.34. The minimum absolute atomic E-state index is 0.140. The number of rotatable bonds is 12. The lowest BCUT2D eigenvalue weighted by molar-refractivity contribution is -0.136. The van der Waals surface area contributed by atoms with E-state index in [2.05, 4.69) is 27.1 Å². The fraction of sp³-hybridized carbons (Fsp3) is 0.296. The molecule has 0 aromatic heterocycles. The fourth-order valence-corrected chi connectivity index (χ4v) is 3.63. The summed E-state index contributed by atoms with van der Waals surface area (Å²) in [5.41, 5.74) is 4.59. The van der Waals surface area contributed by atoms with E-state index in [0.717, 1.165) is 5.56 Å². The van der Waals surface area contributed by atoms with Gasteiger partial charge in [0.25, 0.3) is 0 Å². The second kappa shape index (κ2) is 13.6. The lowest BCUT2D eigenvalue weighted by Crippen LogP contribution is -2.45. The molecule has 0 bridgehead atoms. The maximum Gasteiger partial charge on any atom is 0.337 e. The lowest BCUT2D eigenvalue weighted by atomic mass is 9.95. The third kappa shape index (κ3) is 7.41. The molecule has 1 aliphatic heterocycles. The third-order valence-electron chi connectivity index (χ3n) is 5.29. The Morgan fingerprint density at radius 1 is 1.24 bits per heavy atom. The second-order valence-corrected chi connectivity index (χ2v) is 7.98. The van der Waals surface area contributed by atoms with Crippen LogP contribution in [0.2, 0.25) is 0 Å². The van der Waals surface area contributed by atoms with E-state index >= 15 is 0 Å². The van der Waals surface area contributed by atoms with Gasteiger partial charge in [-0.25, -0.2) is 9.59 Å². The number of esters is 1. The maximum absolute atomic E-state index is 12.4. The number of carbonyl (C=O) groups is 2. The van der Waals surface area contributed by atoms with E-state index in [9.17, 15) is 14.7 Å². The van der Waals surface area contributed by atoms with E-state index in [4.69, 9.17) is 25.4 Å². The molecule has 0 fully saturated rings. The minimum atomic E-state index is -1.12. The Morgan fingerprint density at radius 2 is 2.05 bits per heavy atom. The Kier molecular flexibility index (Phi) is 9.96. The molecule has 0 saturated heterocycles. The van der Waals surface area contributed by atoms with Gasteiger partial charge in [-0.1, -0.05) is 24.1 Å². The number of ether oxygens (including phenoxy) is 4. The summed E-state index contributed by atoms with van der Waals surface area (Å²) >= 11 is 0. The van der Waals surface area contributed by atoms with Gasteiger partial charge in [-0.15, -0.1) is 6.42 Å². The molecule has 1 heterocycles. The number of benzene rings is 2. The van der Waals surface area contributed by atoms with Crippen molar-refractivity contribution in [2.45, 2.75) is 26.1 Å². The third-order valence-corrected chi connectivity index (χ3v) is 5.29. The summed E-state index contributed by atoms with van der Waals surface area (Å²) in [6.45, 7) is 3.80. The lowest BCUT2D eigenvalue weighted by Gasteiger charge is -2.28. The van der Waals surface area contributed by atoms with Crippen molar-refractivity contribution in [3.8, 4) is 29.6 Å². The molecule has 3 rings (SSSR count). The molecule has 0 aliphatic carbocycles. The summed E-state index contributed by atoms with van der Waals surface area (Å²) < 4.78 is 21.7. The van der Waals surface area contributed by atoms with Crippen molar-refractivity contribution in [1.82, 2.24) is 16.1 Å². The molecule has 11 nitrogen and oxygen atoms in total. The van der Waals surface area contributed by atoms with Crippen LogP contribution < -0.4 is 30.3 Å². The van der Waals surface area contributed by atoms with Gasteiger partial charge in [0.15, 0.2) is 17.7 Å². The van der Waals surface area contributed by atoms with E-state index in [-0.39, 0.29) is 18.8 Å². The van der Waals surface area contributed by atoms with Gasteiger partial charge in [0.1, 0.15) is 19.0 Å². The van der Waals surface area contributed by atoms with Crippen molar-refractivity contribution >= 4 is 18.2 Å². The number of nitrogens with one attached hydrogen (secondary N) is 3. The van der Waals surface area contributed by atoms with Crippen LogP contribution in [0.1, 0.15) is 31.0 Å². The van der Waals surface area contributed by atoms with Crippen LogP contribution in [0.5, 0.6) is 17.2 Å². The Morgan fingerprint density at radius 3 is 2.79 bits per heavy atom. The topological polar surface area (TPSA) is 140 Å². The van der Waals surface area contributed by atoms with Crippen LogP contribution in [0.25, 0.3) is 0 Å². The summed E-state index contributed by atoms with van der Waals surface area (Å²) in [6, 6.07) is 11.0. The molecular weight excluding hydrogens is 492 g/mol. The molecule has 11 heteroatoms. The number of allylic oxidation sites excluding steroid dienone is 1. The maximum atomic E-state index is 12.4. The summed E-state index contributed by atoms with van der Waals surface area (Å²) in [6.07, 6.45) is 5.60. The number of methoxy groups -OCH3 is 1. The van der Waals surface area contributed by atoms with Gasteiger partial charge in [0.05, 0.1) is 31.5 Å². The molecule has 0 saturated carbocycles. The molecular formula is C27H30N4O7. The number of amides is 2. The monoisotopic (exact) mass is 522 g/mol. The summed E-state index contributed by atoms with van der Waals surface area (Å²) in [5, 5.41) is 19.6. The number of aliphatic hydroxyl groups is 1. The summed E-state index contributed by atoms with van der Waals surface area (Å²) in [5.74, 6) is 3.17. The van der Waals surface area contributed by atoms with Gasteiger partial charge in [-0.05, 0) is 49.2 Å². The zero-order valence-corrected chi connectivity index (χ0v) is 21.3. The Bertz CT molecular complexity index is 1250. The van der Waals surface area contributed by atoms with Crippen LogP contribution in [-0.2, 0) is 9.53 Å². The first-order valence-electron chi connectivity index (χ1n) is 11.7. The molecule has 1 aliphatic rings. The van der Waals surface area contributed by atoms with E-state index in [1.807, 2.05) is 13.0 Å². The van der Waals surface area contributed by atoms with Crippen LogP contribution in [0.3, 0.4) is 0 Å². The van der Waals surface area contributed by atoms with Gasteiger partial charge in [0.2, 0.25) is 0 Å². The first-order chi connectivity index (χ1) is 18.4. The SMILES string of the molecule is C#CCOc1cccc(/C=N/N[C@@H](O)COc2ccc([C@H]3NC(=O)NC(C)=C3C(=O)OC)cc2OCC)c1. The molecule has 0 radical (unpaired) electrons. The normalized spacial score (nSPS) is 15.7. The number of carbonyl (C=O) groups excluding carboxylic acids is 2. The van der Waals surface area contributed by atoms with Crippen LogP contribution in [-0.4, -0.2) is 56.5 Å². The molecule has 0 unspecified atom stereocenters. The van der Waals surface area contributed by atoms with Crippen LogP contribution in [0.15, 0.2) is 58.8 Å². The molecule has 0 spiro atoms. The smallest absolute Gasteiger partial charge is 0.337 e. The van der Waals surface area contributed by atoms with Gasteiger partial charge >= 0.3 is 12.0 Å². The zero-order chi connectivity index (χ0) is 27.5. The molecule has 4 N–H and O–H groups in total. The number of terminal acetylenes is 1. The average molecular weight is 523 g/mol. The number of nitrogens with zero attached hydrogens (tertiary/aromatic N) is 1. The molecule has 200 valence electrons. The van der Waals surface area contributed by atoms with E-state index in [0.29, 0.717) is 35.1 Å². The van der Waals surface area contributed by atoms with E-state index in [1.165, 1.54) is 13.3 Å². The van der Waals surface area contributed by atoms with E-state index in [1.54, 1.807) is 43.3 Å². The first-order valence-corrected chi connectivity index (χ1v) is 11.7. The van der Waals surface area contributed by atoms with Crippen molar-refractivity contribution in [3.05, 3.63) is 64.9 Å². The van der Waals surface area contributed by atoms with Crippen molar-refractivity contribution < 1.29 is 33.6 Å². The van der Waals surface area contributed by atoms with Crippen LogP contribution in [0, 0.1) is 12.3 Å². The van der Waals surface area contributed by atoms with Crippen molar-refractivity contribution in [3.63, 3.8) is 0 Å². The number of hydrogen-bond acceptors (Lipinski definition) is 9. The van der Waals surface area contributed by atoms with Gasteiger partial charge in [0, 0.05) is 5.70 Å². The highest BCUT2D eigenvalue weighted by atomic mass is 16.5. The molecule has 38 heavy (non-hydrogen) atoms. The number of hydrogen-bond donors (Lipinski definition) is 4. The predicted octanol–water partition coefficient (Wildman–Crippen LogP) is 2.22. The fourth-order valence-electron chi connectivity index (χ4n) is 3.63. The van der Waals surface area contributed by atoms with Crippen molar-refractivity contribution in [2.24, 2.45) is 5.10 Å². The molecule has 2 atom stereocenters. The second-order valence-electron chi connectivity index (χ2n) is 7.98. The number of aliphatic hydroxyl groups excluding tert-OH is 1. The zero-order valence-electron chi connectivity index (χ0n) is 21.3. The Hall–Kier alpha value is -4.69.